The number of rotatable bonds is 5. The van der Waals surface area contributed by atoms with Gasteiger partial charge in [-0.25, -0.2) is 0 Å². The molecule has 86 valence electrons. The van der Waals surface area contributed by atoms with Gasteiger partial charge in [0.2, 0.25) is 0 Å². The molecule has 3 nitrogen and oxygen atoms in total. The molecular formula is C12H22N2O. The number of hydrogen-bond donors (Lipinski definition) is 1. The number of likely N-dealkylation sites (N-methyl/N-ethyl adjacent to an activating group) is 1. The first-order valence-corrected chi connectivity index (χ1v) is 5.36. The van der Waals surface area contributed by atoms with Crippen molar-refractivity contribution < 1.29 is 4.42 Å². The van der Waals surface area contributed by atoms with Crippen LogP contribution < -0.4 is 5.32 Å². The predicted octanol–water partition coefficient (Wildman–Crippen LogP) is 2.27. The third kappa shape index (κ3) is 3.36. The van der Waals surface area contributed by atoms with Gasteiger partial charge in [0, 0.05) is 23.7 Å². The second-order valence-corrected chi connectivity index (χ2v) is 4.87. The Hall–Kier alpha value is -0.800. The minimum Gasteiger partial charge on any atom is -0.472 e. The fourth-order valence-corrected chi connectivity index (χ4v) is 1.20. The lowest BCUT2D eigenvalue weighted by Gasteiger charge is -2.33. The average molecular weight is 210 g/mol. The van der Waals surface area contributed by atoms with Crippen LogP contribution in [0, 0.1) is 0 Å². The van der Waals surface area contributed by atoms with Crippen molar-refractivity contribution in [2.24, 2.45) is 0 Å². The molecule has 3 heteroatoms. The first-order valence-electron chi connectivity index (χ1n) is 5.36. The Morgan fingerprint density at radius 1 is 1.47 bits per heavy atom. The van der Waals surface area contributed by atoms with Crippen LogP contribution in [0.1, 0.15) is 32.4 Å². The maximum Gasteiger partial charge on any atom is 0.0950 e. The van der Waals surface area contributed by atoms with E-state index in [0.717, 1.165) is 6.54 Å². The molecule has 0 aromatic carbocycles. The Morgan fingerprint density at radius 3 is 2.60 bits per heavy atom. The Morgan fingerprint density at radius 2 is 2.13 bits per heavy atom. The molecular weight excluding hydrogens is 188 g/mol. The summed E-state index contributed by atoms with van der Waals surface area (Å²) in [7, 11) is 4.20. The van der Waals surface area contributed by atoms with E-state index in [2.05, 4.69) is 45.1 Å². The van der Waals surface area contributed by atoms with Crippen LogP contribution in [0.4, 0.5) is 0 Å². The van der Waals surface area contributed by atoms with E-state index in [0.29, 0.717) is 6.04 Å². The molecule has 0 fully saturated rings. The van der Waals surface area contributed by atoms with Crippen molar-refractivity contribution in [3.63, 3.8) is 0 Å². The lowest BCUT2D eigenvalue weighted by Crippen LogP contribution is -2.47. The van der Waals surface area contributed by atoms with Crippen LogP contribution in [0.2, 0.25) is 0 Å². The van der Waals surface area contributed by atoms with E-state index >= 15 is 0 Å². The summed E-state index contributed by atoms with van der Waals surface area (Å²) in [6.07, 6.45) is 3.50. The summed E-state index contributed by atoms with van der Waals surface area (Å²) in [6, 6.07) is 2.34. The minimum atomic E-state index is 0.165. The zero-order valence-corrected chi connectivity index (χ0v) is 10.4. The van der Waals surface area contributed by atoms with Gasteiger partial charge in [0.15, 0.2) is 0 Å². The van der Waals surface area contributed by atoms with Gasteiger partial charge in [0.25, 0.3) is 0 Å². The molecule has 0 saturated carbocycles. The van der Waals surface area contributed by atoms with Gasteiger partial charge in [0.1, 0.15) is 0 Å². The molecule has 0 aliphatic heterocycles. The summed E-state index contributed by atoms with van der Waals surface area (Å²) in [5.41, 5.74) is 1.36. The second-order valence-electron chi connectivity index (χ2n) is 4.87. The predicted molar refractivity (Wildman–Crippen MR) is 62.9 cm³/mol. The zero-order valence-electron chi connectivity index (χ0n) is 10.4. The highest BCUT2D eigenvalue weighted by molar-refractivity contribution is 5.10. The van der Waals surface area contributed by atoms with Gasteiger partial charge in [-0.2, -0.15) is 0 Å². The first kappa shape index (κ1) is 12.3. The monoisotopic (exact) mass is 210 g/mol. The SMILES string of the molecule is CC(NCC(C)(C)N(C)C)c1ccoc1. The summed E-state index contributed by atoms with van der Waals surface area (Å²) in [6.45, 7) is 7.55. The van der Waals surface area contributed by atoms with Crippen molar-refractivity contribution >= 4 is 0 Å². The molecule has 1 aromatic heterocycles. The summed E-state index contributed by atoms with van der Waals surface area (Å²) in [4.78, 5) is 2.22. The smallest absolute Gasteiger partial charge is 0.0950 e. The molecule has 0 spiro atoms. The topological polar surface area (TPSA) is 28.4 Å². The van der Waals surface area contributed by atoms with Crippen molar-refractivity contribution in [2.45, 2.75) is 32.4 Å². The third-order valence-corrected chi connectivity index (χ3v) is 3.09. The van der Waals surface area contributed by atoms with Crippen LogP contribution in [0.15, 0.2) is 23.0 Å². The lowest BCUT2D eigenvalue weighted by atomic mass is 10.0. The Labute approximate surface area is 92.5 Å². The summed E-state index contributed by atoms with van der Waals surface area (Å²) >= 11 is 0. The van der Waals surface area contributed by atoms with E-state index in [9.17, 15) is 0 Å². The summed E-state index contributed by atoms with van der Waals surface area (Å²) in [5, 5.41) is 3.50. The molecule has 0 saturated heterocycles. The molecule has 1 heterocycles. The van der Waals surface area contributed by atoms with Crippen LogP contribution in [0.3, 0.4) is 0 Å². The molecule has 1 unspecified atom stereocenters. The largest absolute Gasteiger partial charge is 0.472 e. The standard InChI is InChI=1S/C12H22N2O/c1-10(11-6-7-15-8-11)13-9-12(2,3)14(4)5/h6-8,10,13H,9H2,1-5H3. The molecule has 0 radical (unpaired) electrons. The van der Waals surface area contributed by atoms with E-state index in [1.807, 2.05) is 6.07 Å². The van der Waals surface area contributed by atoms with E-state index in [-0.39, 0.29) is 5.54 Å². The number of nitrogens with zero attached hydrogens (tertiary/aromatic N) is 1. The van der Waals surface area contributed by atoms with Gasteiger partial charge >= 0.3 is 0 Å². The fourth-order valence-electron chi connectivity index (χ4n) is 1.20. The van der Waals surface area contributed by atoms with Crippen LogP contribution in [-0.2, 0) is 0 Å². The van der Waals surface area contributed by atoms with Crippen molar-refractivity contribution in [2.75, 3.05) is 20.6 Å². The average Bonchev–Trinajstić information content (AvgIpc) is 2.66. The van der Waals surface area contributed by atoms with Crippen LogP contribution >= 0.6 is 0 Å². The van der Waals surface area contributed by atoms with Crippen molar-refractivity contribution in [3.05, 3.63) is 24.2 Å². The number of nitrogens with one attached hydrogen (secondary N) is 1. The Kier molecular flexibility index (Phi) is 3.94. The normalized spacial score (nSPS) is 14.5. The quantitative estimate of drug-likeness (QED) is 0.808. The van der Waals surface area contributed by atoms with Gasteiger partial charge in [-0.05, 0) is 40.9 Å². The summed E-state index contributed by atoms with van der Waals surface area (Å²) < 4.78 is 5.06. The molecule has 0 aliphatic carbocycles. The van der Waals surface area contributed by atoms with Gasteiger partial charge < -0.3 is 14.6 Å². The lowest BCUT2D eigenvalue weighted by molar-refractivity contribution is 0.185. The molecule has 0 aliphatic rings. The Balaban J connectivity index is 2.44. The highest BCUT2D eigenvalue weighted by Gasteiger charge is 2.21. The van der Waals surface area contributed by atoms with Crippen molar-refractivity contribution in [1.29, 1.82) is 0 Å². The highest BCUT2D eigenvalue weighted by atomic mass is 16.3. The van der Waals surface area contributed by atoms with Crippen LogP contribution in [-0.4, -0.2) is 31.1 Å². The zero-order chi connectivity index (χ0) is 11.5. The molecule has 1 rings (SSSR count). The third-order valence-electron chi connectivity index (χ3n) is 3.09. The van der Waals surface area contributed by atoms with Crippen molar-refractivity contribution in [1.82, 2.24) is 10.2 Å². The molecule has 0 amide bonds. The van der Waals surface area contributed by atoms with Gasteiger partial charge in [-0.15, -0.1) is 0 Å². The van der Waals surface area contributed by atoms with Crippen molar-refractivity contribution in [3.8, 4) is 0 Å². The summed E-state index contributed by atoms with van der Waals surface area (Å²) in [5.74, 6) is 0. The van der Waals surface area contributed by atoms with Gasteiger partial charge in [-0.1, -0.05) is 0 Å². The van der Waals surface area contributed by atoms with E-state index in [4.69, 9.17) is 4.42 Å². The van der Waals surface area contributed by atoms with E-state index in [1.54, 1.807) is 12.5 Å². The highest BCUT2D eigenvalue weighted by Crippen LogP contribution is 2.15. The van der Waals surface area contributed by atoms with Crippen LogP contribution in [0.5, 0.6) is 0 Å². The molecule has 1 N–H and O–H groups in total. The van der Waals surface area contributed by atoms with Crippen LogP contribution in [0.25, 0.3) is 0 Å². The van der Waals surface area contributed by atoms with Gasteiger partial charge in [-0.3, -0.25) is 0 Å². The molecule has 1 aromatic rings. The molecule has 15 heavy (non-hydrogen) atoms. The second kappa shape index (κ2) is 4.81. The maximum absolute atomic E-state index is 5.06. The fraction of sp³-hybridized carbons (Fsp3) is 0.667. The first-order chi connectivity index (χ1) is 6.93. The number of hydrogen-bond acceptors (Lipinski definition) is 3. The van der Waals surface area contributed by atoms with E-state index in [1.165, 1.54) is 5.56 Å². The molecule has 0 bridgehead atoms. The van der Waals surface area contributed by atoms with E-state index < -0.39 is 0 Å². The number of furan rings is 1. The minimum absolute atomic E-state index is 0.165. The maximum atomic E-state index is 5.06. The Bertz CT molecular complexity index is 278. The van der Waals surface area contributed by atoms with Gasteiger partial charge in [0.05, 0.1) is 12.5 Å². The molecule has 1 atom stereocenters.